The quantitative estimate of drug-likeness (QED) is 0.607. The fourth-order valence-electron chi connectivity index (χ4n) is 1.60. The molecule has 0 saturated carbocycles. The molecular formula is C13H11ClN2O2S2. The summed E-state index contributed by atoms with van der Waals surface area (Å²) in [5.74, 6) is 0.931. The van der Waals surface area contributed by atoms with Crippen LogP contribution in [0.1, 0.15) is 13.8 Å². The second-order valence-corrected chi connectivity index (χ2v) is 7.56. The number of halogens is 1. The summed E-state index contributed by atoms with van der Waals surface area (Å²) in [4.78, 5) is 0. The monoisotopic (exact) mass is 326 g/mol. The summed E-state index contributed by atoms with van der Waals surface area (Å²) in [6, 6.07) is 7.29. The molecule has 0 atom stereocenters. The van der Waals surface area contributed by atoms with Crippen LogP contribution in [0.5, 0.6) is 0 Å². The fourth-order valence-corrected chi connectivity index (χ4v) is 3.27. The normalized spacial score (nSPS) is 11.6. The first-order valence-electron chi connectivity index (χ1n) is 5.98. The van der Waals surface area contributed by atoms with Crippen molar-refractivity contribution in [3.05, 3.63) is 29.3 Å². The average molecular weight is 327 g/mol. The number of nitrogens with zero attached hydrogens (tertiary/aromatic N) is 2. The maximum absolute atomic E-state index is 5.95. The highest BCUT2D eigenvalue weighted by molar-refractivity contribution is 8.76. The van der Waals surface area contributed by atoms with Crippen LogP contribution in [0, 0.1) is 0 Å². The zero-order chi connectivity index (χ0) is 14.1. The molecular weight excluding hydrogens is 316 g/mol. The first kappa shape index (κ1) is 13.9. The molecule has 0 aliphatic heterocycles. The van der Waals surface area contributed by atoms with Crippen molar-refractivity contribution in [2.45, 2.75) is 24.3 Å². The Labute approximate surface area is 128 Å². The van der Waals surface area contributed by atoms with Crippen molar-refractivity contribution in [3.63, 3.8) is 0 Å². The van der Waals surface area contributed by atoms with E-state index in [9.17, 15) is 0 Å². The van der Waals surface area contributed by atoms with Gasteiger partial charge < -0.3 is 8.83 Å². The molecule has 0 fully saturated rings. The van der Waals surface area contributed by atoms with Crippen LogP contribution in [0.25, 0.3) is 22.6 Å². The zero-order valence-electron chi connectivity index (χ0n) is 10.8. The third-order valence-electron chi connectivity index (χ3n) is 2.41. The molecule has 3 rings (SSSR count). The molecule has 0 radical (unpaired) electrons. The molecule has 0 spiro atoms. The number of hydrogen-bond acceptors (Lipinski definition) is 6. The van der Waals surface area contributed by atoms with Gasteiger partial charge in [-0.25, -0.2) is 0 Å². The molecule has 104 valence electrons. The molecule has 2 aromatic heterocycles. The van der Waals surface area contributed by atoms with Crippen LogP contribution in [-0.2, 0) is 0 Å². The molecule has 7 heteroatoms. The topological polar surface area (TPSA) is 52.1 Å². The van der Waals surface area contributed by atoms with Crippen LogP contribution in [0.3, 0.4) is 0 Å². The molecule has 3 aromatic rings. The standard InChI is InChI=1S/C13H11ClN2O2S2/c1-7(2)19-20-13-16-15-12(18-13)11-6-8-5-9(14)3-4-10(8)17-11/h3-7H,1-2H3. The number of aromatic nitrogens is 2. The smallest absolute Gasteiger partial charge is 0.287 e. The summed E-state index contributed by atoms with van der Waals surface area (Å²) < 4.78 is 11.3. The second kappa shape index (κ2) is 5.71. The van der Waals surface area contributed by atoms with Gasteiger partial charge in [-0.15, -0.1) is 5.10 Å². The van der Waals surface area contributed by atoms with E-state index < -0.39 is 0 Å². The van der Waals surface area contributed by atoms with E-state index in [0.717, 1.165) is 11.0 Å². The van der Waals surface area contributed by atoms with E-state index in [4.69, 9.17) is 20.4 Å². The van der Waals surface area contributed by atoms with E-state index >= 15 is 0 Å². The Bertz CT molecular complexity index is 739. The third kappa shape index (κ3) is 2.97. The Morgan fingerprint density at radius 3 is 2.80 bits per heavy atom. The molecule has 0 aliphatic carbocycles. The predicted molar refractivity (Wildman–Crippen MR) is 83.1 cm³/mol. The van der Waals surface area contributed by atoms with Gasteiger partial charge in [-0.05, 0) is 24.3 Å². The van der Waals surface area contributed by atoms with E-state index in [1.807, 2.05) is 18.2 Å². The average Bonchev–Trinajstić information content (AvgIpc) is 3.01. The van der Waals surface area contributed by atoms with E-state index in [1.54, 1.807) is 16.9 Å². The van der Waals surface area contributed by atoms with Crippen LogP contribution in [-0.4, -0.2) is 15.4 Å². The molecule has 0 N–H and O–H groups in total. The Morgan fingerprint density at radius 2 is 2.00 bits per heavy atom. The summed E-state index contributed by atoms with van der Waals surface area (Å²) in [5.41, 5.74) is 0.744. The lowest BCUT2D eigenvalue weighted by atomic mass is 10.2. The van der Waals surface area contributed by atoms with Crippen LogP contribution in [0.2, 0.25) is 5.02 Å². The summed E-state index contributed by atoms with van der Waals surface area (Å²) in [5, 5.41) is 10.6. The van der Waals surface area contributed by atoms with E-state index in [2.05, 4.69) is 24.0 Å². The van der Waals surface area contributed by atoms with Crippen LogP contribution in [0.15, 0.2) is 38.3 Å². The van der Waals surface area contributed by atoms with Crippen LogP contribution in [0.4, 0.5) is 0 Å². The number of rotatable bonds is 4. The molecule has 0 amide bonds. The van der Waals surface area contributed by atoms with Gasteiger partial charge in [-0.3, -0.25) is 0 Å². The van der Waals surface area contributed by atoms with Crippen molar-refractivity contribution < 1.29 is 8.83 Å². The zero-order valence-corrected chi connectivity index (χ0v) is 13.2. The van der Waals surface area contributed by atoms with E-state index in [1.165, 1.54) is 10.8 Å². The molecule has 0 unspecified atom stereocenters. The SMILES string of the molecule is CC(C)SSc1nnc(-c2cc3cc(Cl)ccc3o2)o1. The highest BCUT2D eigenvalue weighted by atomic mass is 35.5. The molecule has 2 heterocycles. The molecule has 4 nitrogen and oxygen atoms in total. The number of fused-ring (bicyclic) bond motifs is 1. The summed E-state index contributed by atoms with van der Waals surface area (Å²) in [6.07, 6.45) is 0. The van der Waals surface area contributed by atoms with E-state index in [-0.39, 0.29) is 0 Å². The van der Waals surface area contributed by atoms with Crippen LogP contribution < -0.4 is 0 Å². The van der Waals surface area contributed by atoms with Gasteiger partial charge in [0.2, 0.25) is 0 Å². The first-order valence-corrected chi connectivity index (χ1v) is 8.57. The largest absolute Gasteiger partial charge is 0.451 e. The van der Waals surface area contributed by atoms with Gasteiger partial charge in [-0.2, -0.15) is 0 Å². The van der Waals surface area contributed by atoms with Gasteiger partial charge >= 0.3 is 0 Å². The Balaban J connectivity index is 1.87. The minimum absolute atomic E-state index is 0.379. The third-order valence-corrected chi connectivity index (χ3v) is 5.30. The Morgan fingerprint density at radius 1 is 1.15 bits per heavy atom. The Kier molecular flexibility index (Phi) is 3.96. The van der Waals surface area contributed by atoms with Crippen LogP contribution >= 0.6 is 33.2 Å². The second-order valence-electron chi connectivity index (χ2n) is 4.39. The maximum Gasteiger partial charge on any atom is 0.287 e. The van der Waals surface area contributed by atoms with Crippen molar-refractivity contribution >= 4 is 44.2 Å². The molecule has 0 aliphatic rings. The minimum Gasteiger partial charge on any atom is -0.451 e. The number of furan rings is 1. The van der Waals surface area contributed by atoms with Crippen molar-refractivity contribution in [1.82, 2.24) is 10.2 Å². The molecule has 0 saturated heterocycles. The molecule has 0 bridgehead atoms. The molecule has 20 heavy (non-hydrogen) atoms. The van der Waals surface area contributed by atoms with Gasteiger partial charge in [0.15, 0.2) is 5.76 Å². The van der Waals surface area contributed by atoms with Gasteiger partial charge in [0, 0.05) is 26.5 Å². The maximum atomic E-state index is 5.95. The lowest BCUT2D eigenvalue weighted by molar-refractivity contribution is 0.453. The van der Waals surface area contributed by atoms with Gasteiger partial charge in [0.05, 0.1) is 0 Å². The summed E-state index contributed by atoms with van der Waals surface area (Å²) in [7, 11) is 3.14. The van der Waals surface area contributed by atoms with Gasteiger partial charge in [0.25, 0.3) is 11.1 Å². The van der Waals surface area contributed by atoms with Crippen molar-refractivity contribution in [3.8, 4) is 11.7 Å². The highest BCUT2D eigenvalue weighted by Gasteiger charge is 2.14. The predicted octanol–water partition coefficient (Wildman–Crippen LogP) is 5.28. The first-order chi connectivity index (χ1) is 9.61. The fraction of sp³-hybridized carbons (Fsp3) is 0.231. The lowest BCUT2D eigenvalue weighted by Gasteiger charge is -1.97. The summed E-state index contributed by atoms with van der Waals surface area (Å²) in [6.45, 7) is 4.22. The van der Waals surface area contributed by atoms with E-state index in [0.29, 0.717) is 27.1 Å². The van der Waals surface area contributed by atoms with Crippen molar-refractivity contribution in [2.24, 2.45) is 0 Å². The lowest BCUT2D eigenvalue weighted by Crippen LogP contribution is -1.80. The number of benzene rings is 1. The van der Waals surface area contributed by atoms with Gasteiger partial charge in [0.1, 0.15) is 5.58 Å². The Hall–Kier alpha value is -1.11. The highest BCUT2D eigenvalue weighted by Crippen LogP contribution is 2.35. The molecule has 1 aromatic carbocycles. The summed E-state index contributed by atoms with van der Waals surface area (Å²) >= 11 is 5.95. The van der Waals surface area contributed by atoms with Crippen molar-refractivity contribution in [1.29, 1.82) is 0 Å². The van der Waals surface area contributed by atoms with Crippen molar-refractivity contribution in [2.75, 3.05) is 0 Å². The minimum atomic E-state index is 0.379. The number of hydrogen-bond donors (Lipinski definition) is 0. The van der Waals surface area contributed by atoms with Gasteiger partial charge in [-0.1, -0.05) is 41.3 Å².